The first-order chi connectivity index (χ1) is 15.0. The first-order valence-electron chi connectivity index (χ1n) is 8.89. The van der Waals surface area contributed by atoms with Crippen molar-refractivity contribution in [3.8, 4) is 22.8 Å². The molecule has 0 aliphatic carbocycles. The van der Waals surface area contributed by atoms with Crippen LogP contribution in [0, 0.1) is 0 Å². The summed E-state index contributed by atoms with van der Waals surface area (Å²) in [6.07, 6.45) is 1.52. The molecule has 0 radical (unpaired) electrons. The van der Waals surface area contributed by atoms with Crippen LogP contribution in [0.2, 0.25) is 10.0 Å². The highest BCUT2D eigenvalue weighted by Gasteiger charge is 2.14. The number of nitrogens with one attached hydrogen (secondary N) is 1. The number of halogens is 2. The second kappa shape index (κ2) is 8.97. The van der Waals surface area contributed by atoms with E-state index in [-0.39, 0.29) is 0 Å². The maximum atomic E-state index is 12.5. The lowest BCUT2D eigenvalue weighted by Crippen LogP contribution is -2.03. The van der Waals surface area contributed by atoms with E-state index in [1.807, 2.05) is 12.1 Å². The normalized spacial score (nSPS) is 11.2. The Morgan fingerprint density at radius 2 is 2.03 bits per heavy atom. The lowest BCUT2D eigenvalue weighted by Gasteiger charge is -2.07. The summed E-state index contributed by atoms with van der Waals surface area (Å²) in [5, 5.41) is 7.97. The van der Waals surface area contributed by atoms with Gasteiger partial charge < -0.3 is 13.9 Å². The molecule has 4 rings (SSSR count). The van der Waals surface area contributed by atoms with E-state index in [1.165, 1.54) is 31.8 Å². The fourth-order valence-electron chi connectivity index (χ4n) is 2.95. The van der Waals surface area contributed by atoms with Crippen LogP contribution in [-0.4, -0.2) is 25.4 Å². The molecule has 158 valence electrons. The van der Waals surface area contributed by atoms with Gasteiger partial charge >= 0.3 is 5.63 Å². The summed E-state index contributed by atoms with van der Waals surface area (Å²) in [5.41, 5.74) is 4.15. The predicted molar refractivity (Wildman–Crippen MR) is 124 cm³/mol. The fraction of sp³-hybridized carbons (Fsp3) is 0.0952. The lowest BCUT2D eigenvalue weighted by molar-refractivity contribution is 0.407. The highest BCUT2D eigenvalue weighted by atomic mass is 35.5. The van der Waals surface area contributed by atoms with E-state index in [0.29, 0.717) is 49.1 Å². The molecule has 0 saturated carbocycles. The van der Waals surface area contributed by atoms with Crippen LogP contribution in [0.1, 0.15) is 5.56 Å². The molecule has 2 aromatic carbocycles. The van der Waals surface area contributed by atoms with Crippen LogP contribution in [0.15, 0.2) is 56.1 Å². The van der Waals surface area contributed by atoms with Gasteiger partial charge in [0.1, 0.15) is 5.75 Å². The quantitative estimate of drug-likeness (QED) is 0.219. The van der Waals surface area contributed by atoms with Gasteiger partial charge in [-0.1, -0.05) is 35.3 Å². The third kappa shape index (κ3) is 4.36. The Morgan fingerprint density at radius 3 is 2.81 bits per heavy atom. The largest absolute Gasteiger partial charge is 0.495 e. The van der Waals surface area contributed by atoms with Gasteiger partial charge in [-0.05, 0) is 24.3 Å². The van der Waals surface area contributed by atoms with Gasteiger partial charge in [0.25, 0.3) is 0 Å². The monoisotopic (exact) mass is 475 g/mol. The van der Waals surface area contributed by atoms with E-state index >= 15 is 0 Å². The molecule has 7 nitrogen and oxygen atoms in total. The number of anilines is 1. The van der Waals surface area contributed by atoms with E-state index in [1.54, 1.807) is 29.6 Å². The van der Waals surface area contributed by atoms with Crippen LogP contribution in [0.3, 0.4) is 0 Å². The minimum Gasteiger partial charge on any atom is -0.495 e. The zero-order valence-corrected chi connectivity index (χ0v) is 18.6. The Bertz CT molecular complexity index is 1350. The standard InChI is InChI=1S/C21H15Cl2N3O4S/c1-28-17-5-3-4-11-7-14(20(27)30-19(11)17)16-10-31-21(25-16)26-24-9-12-6-13(22)8-15(23)18(12)29-2/h3-10H,1-2H3,(H,25,26)/b24-9+. The zero-order valence-electron chi connectivity index (χ0n) is 16.3. The number of para-hydroxylation sites is 1. The van der Waals surface area contributed by atoms with E-state index in [0.717, 1.165) is 5.39 Å². The highest BCUT2D eigenvalue weighted by molar-refractivity contribution is 7.14. The summed E-state index contributed by atoms with van der Waals surface area (Å²) in [6, 6.07) is 10.4. The van der Waals surface area contributed by atoms with Crippen molar-refractivity contribution in [2.24, 2.45) is 5.10 Å². The van der Waals surface area contributed by atoms with Crippen LogP contribution in [0.5, 0.6) is 11.5 Å². The molecule has 2 aromatic heterocycles. The molecule has 4 aromatic rings. The van der Waals surface area contributed by atoms with Gasteiger partial charge in [-0.15, -0.1) is 11.3 Å². The van der Waals surface area contributed by atoms with Gasteiger partial charge in [0.05, 0.1) is 36.7 Å². The van der Waals surface area contributed by atoms with Crippen LogP contribution in [0.25, 0.3) is 22.2 Å². The number of rotatable bonds is 6. The maximum absolute atomic E-state index is 12.5. The van der Waals surface area contributed by atoms with E-state index in [2.05, 4.69) is 15.5 Å². The molecule has 0 aliphatic heterocycles. The Hall–Kier alpha value is -3.07. The van der Waals surface area contributed by atoms with Crippen molar-refractivity contribution in [2.75, 3.05) is 19.6 Å². The van der Waals surface area contributed by atoms with Crippen LogP contribution < -0.4 is 20.5 Å². The summed E-state index contributed by atoms with van der Waals surface area (Å²) in [6.45, 7) is 0. The summed E-state index contributed by atoms with van der Waals surface area (Å²) < 4.78 is 16.0. The molecule has 10 heteroatoms. The SMILES string of the molecule is COc1c(Cl)cc(Cl)cc1/C=N/Nc1nc(-c2cc3cccc(OC)c3oc2=O)cs1. The number of thiazole rings is 1. The van der Waals surface area contributed by atoms with Gasteiger partial charge in [0.15, 0.2) is 11.3 Å². The fourth-order valence-corrected chi connectivity index (χ4v) is 4.20. The van der Waals surface area contributed by atoms with Crippen molar-refractivity contribution in [3.63, 3.8) is 0 Å². The first-order valence-corrected chi connectivity index (χ1v) is 10.5. The molecular weight excluding hydrogens is 461 g/mol. The van der Waals surface area contributed by atoms with Crippen molar-refractivity contribution in [2.45, 2.75) is 0 Å². The van der Waals surface area contributed by atoms with Gasteiger partial charge in [-0.3, -0.25) is 5.43 Å². The topological polar surface area (TPSA) is 85.9 Å². The number of aromatic nitrogens is 1. The van der Waals surface area contributed by atoms with Crippen molar-refractivity contribution in [1.82, 2.24) is 4.98 Å². The zero-order chi connectivity index (χ0) is 22.0. The van der Waals surface area contributed by atoms with Crippen LogP contribution in [-0.2, 0) is 0 Å². The molecule has 0 amide bonds. The predicted octanol–water partition coefficient (Wildman–Crippen LogP) is 5.69. The maximum Gasteiger partial charge on any atom is 0.345 e. The second-order valence-electron chi connectivity index (χ2n) is 6.24. The molecule has 0 atom stereocenters. The Kier molecular flexibility index (Phi) is 6.13. The number of hydrogen-bond acceptors (Lipinski definition) is 8. The molecule has 0 fully saturated rings. The second-order valence-corrected chi connectivity index (χ2v) is 7.95. The summed E-state index contributed by atoms with van der Waals surface area (Å²) in [5.74, 6) is 0.952. The molecule has 0 aliphatic rings. The van der Waals surface area contributed by atoms with Crippen LogP contribution in [0.4, 0.5) is 5.13 Å². The number of ether oxygens (including phenoxy) is 2. The van der Waals surface area contributed by atoms with Gasteiger partial charge in [-0.25, -0.2) is 9.78 Å². The average molecular weight is 476 g/mol. The molecule has 0 saturated heterocycles. The lowest BCUT2D eigenvalue weighted by atomic mass is 10.1. The van der Waals surface area contributed by atoms with Crippen molar-refractivity contribution in [1.29, 1.82) is 0 Å². The van der Waals surface area contributed by atoms with Gasteiger partial charge in [0.2, 0.25) is 5.13 Å². The minimum atomic E-state index is -0.504. The highest BCUT2D eigenvalue weighted by Crippen LogP contribution is 2.32. The Morgan fingerprint density at radius 1 is 1.19 bits per heavy atom. The number of benzene rings is 2. The summed E-state index contributed by atoms with van der Waals surface area (Å²) >= 11 is 13.5. The van der Waals surface area contributed by atoms with Gasteiger partial charge in [0, 0.05) is 21.4 Å². The molecule has 0 spiro atoms. The summed E-state index contributed by atoms with van der Waals surface area (Å²) in [7, 11) is 3.03. The molecule has 0 unspecified atom stereocenters. The average Bonchev–Trinajstić information content (AvgIpc) is 3.21. The van der Waals surface area contributed by atoms with E-state index < -0.39 is 5.63 Å². The van der Waals surface area contributed by atoms with E-state index in [9.17, 15) is 4.79 Å². The van der Waals surface area contributed by atoms with Crippen molar-refractivity contribution >= 4 is 56.9 Å². The number of hydrazone groups is 1. The number of hydrogen-bond donors (Lipinski definition) is 1. The number of methoxy groups -OCH3 is 2. The molecule has 2 heterocycles. The molecule has 31 heavy (non-hydrogen) atoms. The number of nitrogens with zero attached hydrogens (tertiary/aromatic N) is 2. The third-order valence-corrected chi connectivity index (χ3v) is 5.57. The van der Waals surface area contributed by atoms with Gasteiger partial charge in [-0.2, -0.15) is 5.10 Å². The third-order valence-electron chi connectivity index (χ3n) is 4.33. The smallest absolute Gasteiger partial charge is 0.345 e. The molecule has 1 N–H and O–H groups in total. The van der Waals surface area contributed by atoms with Crippen LogP contribution >= 0.6 is 34.5 Å². The Balaban J connectivity index is 1.59. The van der Waals surface area contributed by atoms with E-state index in [4.69, 9.17) is 37.1 Å². The molecule has 0 bridgehead atoms. The molecular formula is C21H15Cl2N3O4S. The summed E-state index contributed by atoms with van der Waals surface area (Å²) in [4.78, 5) is 16.9. The van der Waals surface area contributed by atoms with Crippen molar-refractivity contribution < 1.29 is 13.9 Å². The van der Waals surface area contributed by atoms with Crippen molar-refractivity contribution in [3.05, 3.63) is 67.8 Å². The minimum absolute atomic E-state index is 0.345. The Labute approximate surface area is 190 Å². The number of fused-ring (bicyclic) bond motifs is 1. The first kappa shape index (κ1) is 21.2.